The summed E-state index contributed by atoms with van der Waals surface area (Å²) in [5, 5.41) is 4.30. The number of nitrogens with zero attached hydrogens (tertiary/aromatic N) is 2. The number of hydrogen-bond donors (Lipinski definition) is 2. The Hall–Kier alpha value is -0.430. The second kappa shape index (κ2) is 7.10. The number of aryl methyl sites for hydroxylation is 1. The summed E-state index contributed by atoms with van der Waals surface area (Å²) in [4.78, 5) is 0. The lowest BCUT2D eigenvalue weighted by atomic mass is 10.0. The van der Waals surface area contributed by atoms with Crippen LogP contribution in [-0.2, 0) is 11.3 Å². The van der Waals surface area contributed by atoms with Gasteiger partial charge in [0.2, 0.25) is 0 Å². The fraction of sp³-hybridized carbons (Fsp3) is 0.727. The van der Waals surface area contributed by atoms with Gasteiger partial charge in [0.05, 0.1) is 28.5 Å². The minimum Gasteiger partial charge on any atom is -0.379 e. The number of halogens is 1. The van der Waals surface area contributed by atoms with Crippen LogP contribution >= 0.6 is 15.9 Å². The van der Waals surface area contributed by atoms with Crippen molar-refractivity contribution in [2.75, 3.05) is 7.11 Å². The lowest BCUT2D eigenvalue weighted by molar-refractivity contribution is 0.0576. The van der Waals surface area contributed by atoms with Gasteiger partial charge in [-0.05, 0) is 29.3 Å². The van der Waals surface area contributed by atoms with E-state index in [9.17, 15) is 0 Å². The molecule has 2 unspecified atom stereocenters. The molecule has 1 aromatic rings. The highest BCUT2D eigenvalue weighted by atomic mass is 79.9. The molecule has 6 heteroatoms. The Morgan fingerprint density at radius 3 is 2.76 bits per heavy atom. The maximum absolute atomic E-state index is 5.67. The molecule has 17 heavy (non-hydrogen) atoms. The predicted molar refractivity (Wildman–Crippen MR) is 71.4 cm³/mol. The fourth-order valence-electron chi connectivity index (χ4n) is 2.00. The Morgan fingerprint density at radius 1 is 1.59 bits per heavy atom. The molecule has 0 aliphatic rings. The molecule has 0 saturated heterocycles. The third-order valence-corrected chi connectivity index (χ3v) is 3.47. The van der Waals surface area contributed by atoms with E-state index in [0.717, 1.165) is 29.6 Å². The molecule has 0 fully saturated rings. The number of ether oxygens (including phenoxy) is 1. The number of nitrogens with two attached hydrogens (primary N) is 1. The van der Waals surface area contributed by atoms with E-state index in [1.54, 1.807) is 13.3 Å². The molecule has 1 aromatic heterocycles. The summed E-state index contributed by atoms with van der Waals surface area (Å²) in [6.45, 7) is 4.99. The molecule has 0 bridgehead atoms. The van der Waals surface area contributed by atoms with Gasteiger partial charge in [-0.15, -0.1) is 0 Å². The molecule has 0 amide bonds. The summed E-state index contributed by atoms with van der Waals surface area (Å²) >= 11 is 3.51. The van der Waals surface area contributed by atoms with Gasteiger partial charge < -0.3 is 4.74 Å². The van der Waals surface area contributed by atoms with E-state index >= 15 is 0 Å². The highest BCUT2D eigenvalue weighted by Crippen LogP contribution is 2.28. The van der Waals surface area contributed by atoms with Crippen molar-refractivity contribution >= 4 is 15.9 Å². The van der Waals surface area contributed by atoms with E-state index in [4.69, 9.17) is 10.6 Å². The molecule has 0 saturated carbocycles. The molecule has 0 spiro atoms. The van der Waals surface area contributed by atoms with Crippen LogP contribution in [0.1, 0.15) is 38.4 Å². The van der Waals surface area contributed by atoms with E-state index in [1.165, 1.54) is 0 Å². The fourth-order valence-corrected chi connectivity index (χ4v) is 2.54. The third kappa shape index (κ3) is 3.28. The van der Waals surface area contributed by atoms with Crippen LogP contribution in [0.4, 0.5) is 0 Å². The van der Waals surface area contributed by atoms with Crippen LogP contribution in [0.2, 0.25) is 0 Å². The first-order valence-electron chi connectivity index (χ1n) is 5.89. The Labute approximate surface area is 111 Å². The topological polar surface area (TPSA) is 65.1 Å². The van der Waals surface area contributed by atoms with E-state index < -0.39 is 0 Å². The zero-order valence-electron chi connectivity index (χ0n) is 10.6. The van der Waals surface area contributed by atoms with Crippen LogP contribution < -0.4 is 11.3 Å². The number of hydrogen-bond acceptors (Lipinski definition) is 4. The molecule has 0 radical (unpaired) electrons. The van der Waals surface area contributed by atoms with Gasteiger partial charge >= 0.3 is 0 Å². The maximum atomic E-state index is 5.67. The molecule has 0 aromatic carbocycles. The predicted octanol–water partition coefficient (Wildman–Crippen LogP) is 1.98. The van der Waals surface area contributed by atoms with E-state index in [-0.39, 0.29) is 12.1 Å². The molecule has 1 heterocycles. The van der Waals surface area contributed by atoms with Gasteiger partial charge in [-0.1, -0.05) is 13.3 Å². The largest absolute Gasteiger partial charge is 0.379 e. The Bertz CT molecular complexity index is 342. The van der Waals surface area contributed by atoms with Crippen molar-refractivity contribution in [2.24, 2.45) is 5.84 Å². The highest BCUT2D eigenvalue weighted by Gasteiger charge is 2.26. The smallest absolute Gasteiger partial charge is 0.0901 e. The minimum atomic E-state index is -0.0585. The molecule has 5 nitrogen and oxygen atoms in total. The maximum Gasteiger partial charge on any atom is 0.0901 e. The second-order valence-electron chi connectivity index (χ2n) is 3.90. The van der Waals surface area contributed by atoms with Gasteiger partial charge in [-0.25, -0.2) is 5.43 Å². The van der Waals surface area contributed by atoms with Crippen molar-refractivity contribution in [2.45, 2.75) is 45.4 Å². The first-order valence-corrected chi connectivity index (χ1v) is 6.68. The van der Waals surface area contributed by atoms with Crippen molar-refractivity contribution in [1.82, 2.24) is 15.2 Å². The molecule has 2 atom stereocenters. The van der Waals surface area contributed by atoms with Gasteiger partial charge in [0.15, 0.2) is 0 Å². The quantitative estimate of drug-likeness (QED) is 0.597. The summed E-state index contributed by atoms with van der Waals surface area (Å²) in [6.07, 6.45) is 3.84. The lowest BCUT2D eigenvalue weighted by Gasteiger charge is -2.26. The van der Waals surface area contributed by atoms with Gasteiger partial charge in [-0.3, -0.25) is 10.5 Å². The lowest BCUT2D eigenvalue weighted by Crippen LogP contribution is -2.39. The molecule has 0 aliphatic heterocycles. The Balaban J connectivity index is 3.02. The Kier molecular flexibility index (Phi) is 6.11. The average Bonchev–Trinajstić information content (AvgIpc) is 2.71. The standard InChI is InChI=1S/C11H21BrN4O/c1-4-6-9(17-3)10(15-13)11-8(12)7-14-16(11)5-2/h7,9-10,15H,4-6,13H2,1-3H3. The van der Waals surface area contributed by atoms with Gasteiger partial charge in [0.1, 0.15) is 0 Å². The average molecular weight is 305 g/mol. The summed E-state index contributed by atoms with van der Waals surface area (Å²) < 4.78 is 8.40. The number of rotatable bonds is 7. The highest BCUT2D eigenvalue weighted by molar-refractivity contribution is 9.10. The summed E-state index contributed by atoms with van der Waals surface area (Å²) in [5.41, 5.74) is 3.88. The number of hydrazine groups is 1. The minimum absolute atomic E-state index is 0.0447. The van der Waals surface area contributed by atoms with Crippen LogP contribution in [0.3, 0.4) is 0 Å². The SMILES string of the molecule is CCCC(OC)C(NN)c1c(Br)cnn1CC. The third-order valence-electron chi connectivity index (χ3n) is 2.85. The Morgan fingerprint density at radius 2 is 2.29 bits per heavy atom. The first-order chi connectivity index (χ1) is 8.19. The van der Waals surface area contributed by atoms with Crippen LogP contribution in [0.15, 0.2) is 10.7 Å². The van der Waals surface area contributed by atoms with E-state index in [0.29, 0.717) is 0 Å². The summed E-state index contributed by atoms with van der Waals surface area (Å²) in [6, 6.07) is -0.0585. The summed E-state index contributed by atoms with van der Waals surface area (Å²) in [7, 11) is 1.71. The van der Waals surface area contributed by atoms with Crippen LogP contribution in [0.25, 0.3) is 0 Å². The van der Waals surface area contributed by atoms with E-state index in [1.807, 2.05) is 4.68 Å². The molecule has 1 rings (SSSR count). The number of aromatic nitrogens is 2. The van der Waals surface area contributed by atoms with Gasteiger partial charge in [0.25, 0.3) is 0 Å². The number of nitrogens with one attached hydrogen (secondary N) is 1. The van der Waals surface area contributed by atoms with Crippen LogP contribution in [0, 0.1) is 0 Å². The van der Waals surface area contributed by atoms with Crippen LogP contribution in [-0.4, -0.2) is 23.0 Å². The van der Waals surface area contributed by atoms with Crippen molar-refractivity contribution in [3.05, 3.63) is 16.4 Å². The number of methoxy groups -OCH3 is 1. The van der Waals surface area contributed by atoms with Crippen molar-refractivity contribution in [1.29, 1.82) is 0 Å². The summed E-state index contributed by atoms with van der Waals surface area (Å²) in [5.74, 6) is 5.67. The molecular formula is C11H21BrN4O. The normalized spacial score (nSPS) is 14.9. The van der Waals surface area contributed by atoms with E-state index in [2.05, 4.69) is 40.3 Å². The molecule has 98 valence electrons. The zero-order valence-corrected chi connectivity index (χ0v) is 12.2. The molecule has 3 N–H and O–H groups in total. The molecular weight excluding hydrogens is 284 g/mol. The first kappa shape index (κ1) is 14.6. The zero-order chi connectivity index (χ0) is 12.8. The second-order valence-corrected chi connectivity index (χ2v) is 4.76. The van der Waals surface area contributed by atoms with Gasteiger partial charge in [-0.2, -0.15) is 5.10 Å². The van der Waals surface area contributed by atoms with Crippen molar-refractivity contribution < 1.29 is 4.74 Å². The van der Waals surface area contributed by atoms with Gasteiger partial charge in [0, 0.05) is 13.7 Å². The van der Waals surface area contributed by atoms with Crippen molar-refractivity contribution in [3.63, 3.8) is 0 Å². The van der Waals surface area contributed by atoms with Crippen molar-refractivity contribution in [3.8, 4) is 0 Å². The monoisotopic (exact) mass is 304 g/mol. The molecule has 0 aliphatic carbocycles. The van der Waals surface area contributed by atoms with Crippen LogP contribution in [0.5, 0.6) is 0 Å².